The van der Waals surface area contributed by atoms with E-state index < -0.39 is 0 Å². The van der Waals surface area contributed by atoms with Crippen LogP contribution < -0.4 is 0 Å². The third-order valence-corrected chi connectivity index (χ3v) is 2.64. The van der Waals surface area contributed by atoms with Gasteiger partial charge in [-0.3, -0.25) is 0 Å². The number of aryl methyl sites for hydroxylation is 1. The monoisotopic (exact) mass is 209 g/mol. The molecule has 0 saturated carbocycles. The second-order valence-corrected chi connectivity index (χ2v) is 4.89. The fourth-order valence-corrected chi connectivity index (χ4v) is 1.98. The molecule has 86 valence electrons. The van der Waals surface area contributed by atoms with Crippen molar-refractivity contribution in [3.8, 4) is 0 Å². The highest BCUT2D eigenvalue weighted by molar-refractivity contribution is 5.29. The normalized spacial score (nSPS) is 15.3. The first-order valence-corrected chi connectivity index (χ1v) is 6.07. The van der Waals surface area contributed by atoms with Crippen molar-refractivity contribution in [1.82, 2.24) is 5.16 Å². The van der Waals surface area contributed by atoms with Crippen LogP contribution in [0.25, 0.3) is 0 Å². The van der Waals surface area contributed by atoms with Crippen LogP contribution >= 0.6 is 0 Å². The Kier molecular flexibility index (Phi) is 3.95. The van der Waals surface area contributed by atoms with Crippen molar-refractivity contribution in [3.05, 3.63) is 17.0 Å². The summed E-state index contributed by atoms with van der Waals surface area (Å²) >= 11 is 0. The van der Waals surface area contributed by atoms with Crippen LogP contribution in [0.2, 0.25) is 0 Å². The van der Waals surface area contributed by atoms with E-state index in [1.807, 2.05) is 13.8 Å². The van der Waals surface area contributed by atoms with Crippen molar-refractivity contribution < 1.29 is 4.52 Å². The number of fused-ring (bicyclic) bond motifs is 1. The molecule has 1 aromatic heterocycles. The van der Waals surface area contributed by atoms with E-state index in [9.17, 15) is 0 Å². The molecule has 0 saturated heterocycles. The quantitative estimate of drug-likeness (QED) is 0.648. The summed E-state index contributed by atoms with van der Waals surface area (Å²) in [5, 5.41) is 4.15. The molecule has 2 nitrogen and oxygen atoms in total. The fourth-order valence-electron chi connectivity index (χ4n) is 1.98. The highest BCUT2D eigenvalue weighted by atomic mass is 16.5. The van der Waals surface area contributed by atoms with Gasteiger partial charge < -0.3 is 4.52 Å². The maximum Gasteiger partial charge on any atom is 0.145 e. The third kappa shape index (κ3) is 2.61. The lowest BCUT2D eigenvalue weighted by Gasteiger charge is -2.17. The summed E-state index contributed by atoms with van der Waals surface area (Å²) in [6.45, 7) is 10.5. The molecule has 0 bridgehead atoms. The molecule has 1 aliphatic rings. The highest BCUT2D eigenvalue weighted by Crippen LogP contribution is 2.31. The third-order valence-electron chi connectivity index (χ3n) is 2.64. The van der Waals surface area contributed by atoms with Crippen LogP contribution in [0.5, 0.6) is 0 Å². The molecule has 0 spiro atoms. The minimum atomic E-state index is 0.109. The minimum Gasteiger partial charge on any atom is -0.360 e. The second-order valence-electron chi connectivity index (χ2n) is 4.89. The molecule has 1 aliphatic carbocycles. The van der Waals surface area contributed by atoms with Gasteiger partial charge in [-0.2, -0.15) is 0 Å². The van der Waals surface area contributed by atoms with E-state index in [1.54, 1.807) is 0 Å². The summed E-state index contributed by atoms with van der Waals surface area (Å²) < 4.78 is 5.43. The van der Waals surface area contributed by atoms with Crippen molar-refractivity contribution in [2.45, 2.75) is 65.7 Å². The minimum absolute atomic E-state index is 0.109. The van der Waals surface area contributed by atoms with Gasteiger partial charge in [-0.05, 0) is 25.7 Å². The first kappa shape index (κ1) is 12.3. The lowest BCUT2D eigenvalue weighted by Crippen LogP contribution is -2.14. The lowest BCUT2D eigenvalue weighted by atomic mass is 9.85. The van der Waals surface area contributed by atoms with Gasteiger partial charge >= 0.3 is 0 Å². The zero-order chi connectivity index (χ0) is 11.5. The Labute approximate surface area is 93.0 Å². The largest absolute Gasteiger partial charge is 0.360 e. The van der Waals surface area contributed by atoms with E-state index in [-0.39, 0.29) is 5.41 Å². The van der Waals surface area contributed by atoms with E-state index in [0.29, 0.717) is 0 Å². The molecule has 0 radical (unpaired) electrons. The average molecular weight is 209 g/mol. The Morgan fingerprint density at radius 1 is 1.07 bits per heavy atom. The van der Waals surface area contributed by atoms with E-state index in [2.05, 4.69) is 25.9 Å². The zero-order valence-electron chi connectivity index (χ0n) is 10.7. The molecule has 0 N–H and O–H groups in total. The van der Waals surface area contributed by atoms with Crippen LogP contribution in [-0.4, -0.2) is 5.16 Å². The van der Waals surface area contributed by atoms with Gasteiger partial charge in [-0.15, -0.1) is 0 Å². The molecule has 1 aromatic rings. The summed E-state index contributed by atoms with van der Waals surface area (Å²) in [6, 6.07) is 0. The van der Waals surface area contributed by atoms with Gasteiger partial charge in [0.1, 0.15) is 5.76 Å². The van der Waals surface area contributed by atoms with Gasteiger partial charge in [-0.25, -0.2) is 0 Å². The van der Waals surface area contributed by atoms with Crippen LogP contribution in [0.3, 0.4) is 0 Å². The number of rotatable bonds is 0. The molecule has 15 heavy (non-hydrogen) atoms. The van der Waals surface area contributed by atoms with E-state index in [0.717, 1.165) is 18.6 Å². The predicted octanol–water partition coefficient (Wildman–Crippen LogP) is 3.88. The summed E-state index contributed by atoms with van der Waals surface area (Å²) in [5.74, 6) is 1.10. The molecule has 0 atom stereocenters. The molecular weight excluding hydrogens is 186 g/mol. The maximum atomic E-state index is 5.43. The van der Waals surface area contributed by atoms with Crippen molar-refractivity contribution in [2.24, 2.45) is 0 Å². The topological polar surface area (TPSA) is 26.0 Å². The number of aromatic nitrogens is 1. The second kappa shape index (κ2) is 4.82. The molecule has 0 fully saturated rings. The van der Waals surface area contributed by atoms with E-state index >= 15 is 0 Å². The van der Waals surface area contributed by atoms with E-state index in [4.69, 9.17) is 4.52 Å². The summed E-state index contributed by atoms with van der Waals surface area (Å²) in [4.78, 5) is 0. The highest BCUT2D eigenvalue weighted by Gasteiger charge is 2.27. The summed E-state index contributed by atoms with van der Waals surface area (Å²) in [6.07, 6.45) is 4.82. The van der Waals surface area contributed by atoms with Crippen LogP contribution in [0.15, 0.2) is 4.52 Å². The fraction of sp³-hybridized carbons (Fsp3) is 0.769. The molecular formula is C13H23NO. The predicted molar refractivity (Wildman–Crippen MR) is 63.2 cm³/mol. The SMILES string of the molecule is CC.CC(C)(C)c1onc2c1CCCC2. The standard InChI is InChI=1S/C11H17NO.C2H6/c1-11(2,3)10-8-6-4-5-7-9(8)12-13-10;1-2/h4-7H2,1-3H3;1-2H3. The van der Waals surface area contributed by atoms with Crippen molar-refractivity contribution >= 4 is 0 Å². The Hall–Kier alpha value is -0.790. The van der Waals surface area contributed by atoms with Crippen LogP contribution in [0, 0.1) is 0 Å². The molecule has 0 amide bonds. The molecule has 0 aromatic carbocycles. The molecule has 2 rings (SSSR count). The average Bonchev–Trinajstić information content (AvgIpc) is 2.63. The summed E-state index contributed by atoms with van der Waals surface area (Å²) in [5.41, 5.74) is 2.70. The maximum absolute atomic E-state index is 5.43. The molecule has 0 unspecified atom stereocenters. The van der Waals surface area contributed by atoms with Gasteiger partial charge in [-0.1, -0.05) is 39.8 Å². The number of nitrogens with zero attached hydrogens (tertiary/aromatic N) is 1. The first-order valence-electron chi connectivity index (χ1n) is 6.07. The first-order chi connectivity index (χ1) is 7.09. The Morgan fingerprint density at radius 2 is 1.67 bits per heavy atom. The van der Waals surface area contributed by atoms with E-state index in [1.165, 1.54) is 24.1 Å². The smallest absolute Gasteiger partial charge is 0.145 e. The Bertz CT molecular complexity index is 307. The zero-order valence-corrected chi connectivity index (χ0v) is 10.7. The lowest BCUT2D eigenvalue weighted by molar-refractivity contribution is 0.325. The number of hydrogen-bond acceptors (Lipinski definition) is 2. The van der Waals surface area contributed by atoms with Crippen molar-refractivity contribution in [2.75, 3.05) is 0 Å². The number of hydrogen-bond donors (Lipinski definition) is 0. The molecule has 2 heteroatoms. The molecule has 0 aliphatic heterocycles. The van der Waals surface area contributed by atoms with Crippen LogP contribution in [-0.2, 0) is 18.3 Å². The van der Waals surface area contributed by atoms with Crippen molar-refractivity contribution in [3.63, 3.8) is 0 Å². The molecule has 1 heterocycles. The van der Waals surface area contributed by atoms with Crippen LogP contribution in [0.1, 0.15) is 64.5 Å². The van der Waals surface area contributed by atoms with Gasteiger partial charge in [0.15, 0.2) is 0 Å². The van der Waals surface area contributed by atoms with Gasteiger partial charge in [0.2, 0.25) is 0 Å². The summed E-state index contributed by atoms with van der Waals surface area (Å²) in [7, 11) is 0. The van der Waals surface area contributed by atoms with Crippen molar-refractivity contribution in [1.29, 1.82) is 0 Å². The Morgan fingerprint density at radius 3 is 2.27 bits per heavy atom. The van der Waals surface area contributed by atoms with Crippen LogP contribution in [0.4, 0.5) is 0 Å². The van der Waals surface area contributed by atoms with Gasteiger partial charge in [0.25, 0.3) is 0 Å². The van der Waals surface area contributed by atoms with Gasteiger partial charge in [0, 0.05) is 11.0 Å². The Balaban J connectivity index is 0.000000531. The van der Waals surface area contributed by atoms with Gasteiger partial charge in [0.05, 0.1) is 5.69 Å².